The van der Waals surface area contributed by atoms with Gasteiger partial charge in [-0.05, 0) is 12.8 Å². The van der Waals surface area contributed by atoms with Gasteiger partial charge >= 0.3 is 0 Å². The average Bonchev–Trinajstić information content (AvgIpc) is 2.99. The molecule has 2 rings (SSSR count). The fourth-order valence-corrected chi connectivity index (χ4v) is 2.02. The lowest BCUT2D eigenvalue weighted by Gasteiger charge is -2.03. The Bertz CT molecular complexity index is 387. The first-order valence-corrected chi connectivity index (χ1v) is 6.19. The Morgan fingerprint density at radius 1 is 1.62 bits per heavy atom. The molecule has 6 nitrogen and oxygen atoms in total. The summed E-state index contributed by atoms with van der Waals surface area (Å²) in [6.45, 7) is 0.359. The van der Waals surface area contributed by atoms with Crippen LogP contribution in [0.5, 0.6) is 0 Å². The molecule has 0 aliphatic heterocycles. The fourth-order valence-electron chi connectivity index (χ4n) is 1.28. The van der Waals surface area contributed by atoms with Crippen LogP contribution < -0.4 is 11.1 Å². The van der Waals surface area contributed by atoms with Gasteiger partial charge in [-0.2, -0.15) is 0 Å². The van der Waals surface area contributed by atoms with Crippen LogP contribution in [0.2, 0.25) is 0 Å². The predicted molar refractivity (Wildman–Crippen MR) is 60.8 cm³/mol. The van der Waals surface area contributed by atoms with Gasteiger partial charge in [0.1, 0.15) is 5.82 Å². The summed E-state index contributed by atoms with van der Waals surface area (Å²) >= 11 is 1.38. The van der Waals surface area contributed by atoms with Crippen molar-refractivity contribution in [3.63, 3.8) is 0 Å². The molecule has 0 atom stereocenters. The van der Waals surface area contributed by atoms with Crippen molar-refractivity contribution >= 4 is 17.7 Å². The van der Waals surface area contributed by atoms with Gasteiger partial charge in [0.25, 0.3) is 0 Å². The first-order chi connectivity index (χ1) is 7.70. The van der Waals surface area contributed by atoms with Gasteiger partial charge in [-0.15, -0.1) is 10.2 Å². The Labute approximate surface area is 98.0 Å². The number of amides is 1. The molecular formula is C9H15N5OS. The van der Waals surface area contributed by atoms with Gasteiger partial charge in [0.15, 0.2) is 5.16 Å². The van der Waals surface area contributed by atoms with Crippen molar-refractivity contribution in [2.45, 2.75) is 30.6 Å². The Morgan fingerprint density at radius 3 is 2.94 bits per heavy atom. The predicted octanol–water partition coefficient (Wildman–Crippen LogP) is -0.355. The number of rotatable bonds is 5. The monoisotopic (exact) mass is 241 g/mol. The van der Waals surface area contributed by atoms with Crippen LogP contribution in [-0.4, -0.2) is 32.5 Å². The zero-order valence-corrected chi connectivity index (χ0v) is 9.96. The second-order valence-electron chi connectivity index (χ2n) is 3.79. The highest BCUT2D eigenvalue weighted by Crippen LogP contribution is 2.20. The number of carbonyl (C=O) groups is 1. The van der Waals surface area contributed by atoms with Crippen LogP contribution in [0, 0.1) is 0 Å². The first kappa shape index (κ1) is 11.4. The quantitative estimate of drug-likeness (QED) is 0.688. The highest BCUT2D eigenvalue weighted by molar-refractivity contribution is 7.99. The molecule has 0 bridgehead atoms. The molecule has 0 spiro atoms. The van der Waals surface area contributed by atoms with Crippen molar-refractivity contribution in [3.8, 4) is 0 Å². The molecule has 1 aromatic rings. The molecule has 0 aromatic carbocycles. The van der Waals surface area contributed by atoms with Crippen LogP contribution in [0.15, 0.2) is 5.16 Å². The summed E-state index contributed by atoms with van der Waals surface area (Å²) in [5, 5.41) is 11.5. The van der Waals surface area contributed by atoms with Gasteiger partial charge in [-0.25, -0.2) is 0 Å². The topological polar surface area (TPSA) is 85.8 Å². The number of nitrogens with zero attached hydrogens (tertiary/aromatic N) is 3. The molecule has 7 heteroatoms. The lowest BCUT2D eigenvalue weighted by molar-refractivity contribution is -0.118. The van der Waals surface area contributed by atoms with E-state index in [0.717, 1.165) is 23.8 Å². The number of thioether (sulfide) groups is 1. The highest BCUT2D eigenvalue weighted by Gasteiger charge is 2.23. The Balaban J connectivity index is 1.83. The van der Waals surface area contributed by atoms with Crippen molar-refractivity contribution in [3.05, 3.63) is 5.82 Å². The van der Waals surface area contributed by atoms with Gasteiger partial charge in [0.2, 0.25) is 5.91 Å². The second-order valence-corrected chi connectivity index (χ2v) is 4.73. The molecule has 0 radical (unpaired) electrons. The van der Waals surface area contributed by atoms with E-state index in [2.05, 4.69) is 15.5 Å². The summed E-state index contributed by atoms with van der Waals surface area (Å²) in [6, 6.07) is 0.409. The molecule has 1 amide bonds. The number of hydrogen-bond donors (Lipinski definition) is 2. The Hall–Kier alpha value is -1.08. The van der Waals surface area contributed by atoms with Crippen LogP contribution in [0.1, 0.15) is 18.7 Å². The molecule has 1 aliphatic carbocycles. The number of aromatic nitrogens is 3. The van der Waals surface area contributed by atoms with Gasteiger partial charge < -0.3 is 15.6 Å². The minimum Gasteiger partial charge on any atom is -0.353 e. The van der Waals surface area contributed by atoms with E-state index in [-0.39, 0.29) is 5.91 Å². The lowest BCUT2D eigenvalue weighted by Crippen LogP contribution is -2.27. The summed E-state index contributed by atoms with van der Waals surface area (Å²) in [4.78, 5) is 11.4. The second kappa shape index (κ2) is 4.84. The summed E-state index contributed by atoms with van der Waals surface area (Å²) < 4.78 is 1.81. The van der Waals surface area contributed by atoms with Crippen LogP contribution in [0.3, 0.4) is 0 Å². The van der Waals surface area contributed by atoms with E-state index in [9.17, 15) is 4.79 Å². The molecular weight excluding hydrogens is 226 g/mol. The first-order valence-electron chi connectivity index (χ1n) is 5.21. The maximum Gasteiger partial charge on any atom is 0.230 e. The minimum absolute atomic E-state index is 0.0600. The molecule has 1 aliphatic rings. The van der Waals surface area contributed by atoms with Gasteiger partial charge in [-0.3, -0.25) is 4.79 Å². The highest BCUT2D eigenvalue weighted by atomic mass is 32.2. The zero-order valence-electron chi connectivity index (χ0n) is 9.14. The normalized spacial score (nSPS) is 15.1. The van der Waals surface area contributed by atoms with Gasteiger partial charge in [0, 0.05) is 13.1 Å². The smallest absolute Gasteiger partial charge is 0.230 e. The van der Waals surface area contributed by atoms with Crippen LogP contribution in [-0.2, 0) is 18.4 Å². The number of nitrogens with one attached hydrogen (secondary N) is 1. The van der Waals surface area contributed by atoms with Crippen LogP contribution in [0.25, 0.3) is 0 Å². The van der Waals surface area contributed by atoms with Crippen LogP contribution in [0.4, 0.5) is 0 Å². The third kappa shape index (κ3) is 2.73. The van der Waals surface area contributed by atoms with E-state index in [4.69, 9.17) is 5.73 Å². The molecule has 1 saturated carbocycles. The summed E-state index contributed by atoms with van der Waals surface area (Å²) in [5.74, 6) is 1.17. The van der Waals surface area contributed by atoms with E-state index in [1.165, 1.54) is 11.8 Å². The Kier molecular flexibility index (Phi) is 3.45. The summed E-state index contributed by atoms with van der Waals surface area (Å²) in [6.07, 6.45) is 2.22. The van der Waals surface area contributed by atoms with E-state index in [1.807, 2.05) is 11.6 Å². The molecule has 1 fully saturated rings. The minimum atomic E-state index is 0.0600. The summed E-state index contributed by atoms with van der Waals surface area (Å²) in [5.41, 5.74) is 5.48. The van der Waals surface area contributed by atoms with E-state index in [1.54, 1.807) is 0 Å². The molecule has 0 saturated heterocycles. The van der Waals surface area contributed by atoms with Crippen molar-refractivity contribution in [2.24, 2.45) is 12.8 Å². The lowest BCUT2D eigenvalue weighted by atomic mass is 10.6. The third-order valence-corrected chi connectivity index (χ3v) is 3.40. The van der Waals surface area contributed by atoms with E-state index < -0.39 is 0 Å². The van der Waals surface area contributed by atoms with E-state index >= 15 is 0 Å². The van der Waals surface area contributed by atoms with Gasteiger partial charge in [0.05, 0.1) is 12.3 Å². The number of nitrogens with two attached hydrogens (primary N) is 1. The van der Waals surface area contributed by atoms with Gasteiger partial charge in [-0.1, -0.05) is 11.8 Å². The zero-order chi connectivity index (χ0) is 11.5. The molecule has 88 valence electrons. The maximum absolute atomic E-state index is 11.4. The average molecular weight is 241 g/mol. The van der Waals surface area contributed by atoms with Crippen molar-refractivity contribution < 1.29 is 4.79 Å². The third-order valence-electron chi connectivity index (χ3n) is 2.38. The van der Waals surface area contributed by atoms with Crippen LogP contribution >= 0.6 is 11.8 Å². The largest absolute Gasteiger partial charge is 0.353 e. The fraction of sp³-hybridized carbons (Fsp3) is 0.667. The molecule has 3 N–H and O–H groups in total. The molecule has 0 unspecified atom stereocenters. The molecule has 1 aromatic heterocycles. The van der Waals surface area contributed by atoms with Crippen molar-refractivity contribution in [2.75, 3.05) is 5.75 Å². The molecule has 16 heavy (non-hydrogen) atoms. The number of carbonyl (C=O) groups excluding carboxylic acids is 1. The van der Waals surface area contributed by atoms with E-state index in [0.29, 0.717) is 18.3 Å². The maximum atomic E-state index is 11.4. The summed E-state index contributed by atoms with van der Waals surface area (Å²) in [7, 11) is 1.85. The molecule has 1 heterocycles. The Morgan fingerprint density at radius 2 is 2.38 bits per heavy atom. The van der Waals surface area contributed by atoms with Crippen molar-refractivity contribution in [1.82, 2.24) is 20.1 Å². The van der Waals surface area contributed by atoms with Crippen molar-refractivity contribution in [1.29, 1.82) is 0 Å². The SMILES string of the molecule is Cn1c(CN)nnc1SCC(=O)NC1CC1. The number of hydrogen-bond acceptors (Lipinski definition) is 5. The standard InChI is InChI=1S/C9H15N5OS/c1-14-7(4-10)12-13-9(14)16-5-8(15)11-6-2-3-6/h6H,2-5,10H2,1H3,(H,11,15).